The smallest absolute Gasteiger partial charge is 0.111 e. The Labute approximate surface area is 152 Å². The first-order chi connectivity index (χ1) is 12.8. The molecule has 128 valence electrons. The van der Waals surface area contributed by atoms with Crippen molar-refractivity contribution in [1.29, 1.82) is 0 Å². The van der Waals surface area contributed by atoms with Gasteiger partial charge in [0.15, 0.2) is 0 Å². The Balaban J connectivity index is 1.73. The lowest BCUT2D eigenvalue weighted by Crippen LogP contribution is -1.97. The lowest BCUT2D eigenvalue weighted by molar-refractivity contribution is 1.02. The number of hydrogen-bond donors (Lipinski definition) is 2. The maximum absolute atomic E-state index is 5.68. The highest BCUT2D eigenvalue weighted by atomic mass is 14.9. The maximum Gasteiger partial charge on any atom is 0.111 e. The number of H-pyrrole nitrogens is 1. The van der Waals surface area contributed by atoms with Crippen LogP contribution >= 0.6 is 0 Å². The molecular formula is C22H20N4. The van der Waals surface area contributed by atoms with Crippen LogP contribution in [0.4, 0.5) is 0 Å². The van der Waals surface area contributed by atoms with Crippen molar-refractivity contribution >= 4 is 0 Å². The van der Waals surface area contributed by atoms with Gasteiger partial charge in [0, 0.05) is 36.5 Å². The van der Waals surface area contributed by atoms with E-state index in [0.717, 1.165) is 40.3 Å². The second-order valence-corrected chi connectivity index (χ2v) is 6.21. The van der Waals surface area contributed by atoms with Crippen molar-refractivity contribution in [2.45, 2.75) is 13.0 Å². The molecule has 4 aromatic rings. The van der Waals surface area contributed by atoms with Crippen LogP contribution in [-0.2, 0) is 13.0 Å². The summed E-state index contributed by atoms with van der Waals surface area (Å²) in [6.45, 7) is 0.561. The fourth-order valence-corrected chi connectivity index (χ4v) is 3.02. The summed E-state index contributed by atoms with van der Waals surface area (Å²) in [6.07, 6.45) is 4.35. The summed E-state index contributed by atoms with van der Waals surface area (Å²) < 4.78 is 0. The van der Waals surface area contributed by atoms with E-state index >= 15 is 0 Å². The third kappa shape index (κ3) is 3.41. The predicted octanol–water partition coefficient (Wildman–Crippen LogP) is 4.19. The van der Waals surface area contributed by atoms with Crippen LogP contribution < -0.4 is 5.73 Å². The minimum Gasteiger partial charge on any atom is -0.341 e. The minimum absolute atomic E-state index is 0.561. The highest BCUT2D eigenvalue weighted by Crippen LogP contribution is 2.30. The molecule has 0 unspecified atom stereocenters. The first-order valence-corrected chi connectivity index (χ1v) is 8.66. The molecule has 26 heavy (non-hydrogen) atoms. The van der Waals surface area contributed by atoms with Crippen LogP contribution in [0.15, 0.2) is 79.1 Å². The summed E-state index contributed by atoms with van der Waals surface area (Å²) in [5.41, 5.74) is 12.2. The monoisotopic (exact) mass is 340 g/mol. The molecule has 2 aromatic carbocycles. The number of benzene rings is 2. The summed E-state index contributed by atoms with van der Waals surface area (Å²) in [7, 11) is 0. The molecule has 2 aromatic heterocycles. The van der Waals surface area contributed by atoms with Gasteiger partial charge in [-0.2, -0.15) is 0 Å². The van der Waals surface area contributed by atoms with Gasteiger partial charge >= 0.3 is 0 Å². The molecule has 0 aliphatic heterocycles. The van der Waals surface area contributed by atoms with Gasteiger partial charge in [0.2, 0.25) is 0 Å². The molecule has 4 rings (SSSR count). The number of hydrogen-bond acceptors (Lipinski definition) is 3. The Bertz CT molecular complexity index is 917. The zero-order valence-corrected chi connectivity index (χ0v) is 14.4. The van der Waals surface area contributed by atoms with Gasteiger partial charge in [0.25, 0.3) is 0 Å². The predicted molar refractivity (Wildman–Crippen MR) is 104 cm³/mol. The van der Waals surface area contributed by atoms with Gasteiger partial charge in [-0.1, -0.05) is 54.6 Å². The summed E-state index contributed by atoms with van der Waals surface area (Å²) >= 11 is 0. The van der Waals surface area contributed by atoms with E-state index in [2.05, 4.69) is 46.4 Å². The summed E-state index contributed by atoms with van der Waals surface area (Å²) in [6, 6.07) is 22.6. The van der Waals surface area contributed by atoms with E-state index in [1.165, 1.54) is 5.56 Å². The standard InChI is InChI=1S/C22H20N4/c23-15-17-8-6-16(7-9-17)14-20-25-21(18-4-2-1-3-5-18)22(26-20)19-10-12-24-13-11-19/h1-13H,14-15,23H2,(H,25,26). The number of pyridine rings is 1. The third-order valence-corrected chi connectivity index (χ3v) is 4.40. The fourth-order valence-electron chi connectivity index (χ4n) is 3.02. The number of nitrogens with one attached hydrogen (secondary N) is 1. The Morgan fingerprint density at radius 2 is 1.46 bits per heavy atom. The van der Waals surface area contributed by atoms with Gasteiger partial charge in [-0.25, -0.2) is 4.98 Å². The van der Waals surface area contributed by atoms with E-state index in [1.807, 2.05) is 30.3 Å². The molecule has 0 aliphatic rings. The number of aromatic amines is 1. The Morgan fingerprint density at radius 3 is 2.15 bits per heavy atom. The molecule has 0 bridgehead atoms. The van der Waals surface area contributed by atoms with Crippen LogP contribution in [0.25, 0.3) is 22.5 Å². The molecule has 0 saturated heterocycles. The largest absolute Gasteiger partial charge is 0.341 e. The maximum atomic E-state index is 5.68. The average Bonchev–Trinajstić information content (AvgIpc) is 3.14. The average molecular weight is 340 g/mol. The Hall–Kier alpha value is -3.24. The van der Waals surface area contributed by atoms with Gasteiger partial charge < -0.3 is 10.7 Å². The second kappa shape index (κ2) is 7.33. The van der Waals surface area contributed by atoms with Crippen LogP contribution in [-0.4, -0.2) is 15.0 Å². The van der Waals surface area contributed by atoms with Crippen molar-refractivity contribution in [1.82, 2.24) is 15.0 Å². The van der Waals surface area contributed by atoms with Crippen LogP contribution in [0.3, 0.4) is 0 Å². The molecule has 4 nitrogen and oxygen atoms in total. The zero-order valence-electron chi connectivity index (χ0n) is 14.4. The molecule has 0 saturated carbocycles. The number of aromatic nitrogens is 3. The van der Waals surface area contributed by atoms with E-state index in [9.17, 15) is 0 Å². The molecule has 0 fully saturated rings. The van der Waals surface area contributed by atoms with Gasteiger partial charge in [0.05, 0.1) is 11.4 Å². The van der Waals surface area contributed by atoms with Crippen LogP contribution in [0, 0.1) is 0 Å². The summed E-state index contributed by atoms with van der Waals surface area (Å²) in [4.78, 5) is 12.5. The van der Waals surface area contributed by atoms with Gasteiger partial charge in [-0.3, -0.25) is 4.98 Å². The first-order valence-electron chi connectivity index (χ1n) is 8.66. The molecule has 0 aliphatic carbocycles. The minimum atomic E-state index is 0.561. The Kier molecular flexibility index (Phi) is 4.58. The first kappa shape index (κ1) is 16.2. The van der Waals surface area contributed by atoms with Crippen LogP contribution in [0.1, 0.15) is 17.0 Å². The van der Waals surface area contributed by atoms with Gasteiger partial charge in [0.1, 0.15) is 5.82 Å². The third-order valence-electron chi connectivity index (χ3n) is 4.40. The molecule has 0 spiro atoms. The summed E-state index contributed by atoms with van der Waals surface area (Å²) in [5.74, 6) is 0.941. The molecule has 0 radical (unpaired) electrons. The number of imidazole rings is 1. The lowest BCUT2D eigenvalue weighted by atomic mass is 10.1. The van der Waals surface area contributed by atoms with Crippen molar-refractivity contribution in [3.63, 3.8) is 0 Å². The van der Waals surface area contributed by atoms with Crippen molar-refractivity contribution in [3.05, 3.63) is 96.1 Å². The molecule has 4 heteroatoms. The van der Waals surface area contributed by atoms with Gasteiger partial charge in [-0.15, -0.1) is 0 Å². The van der Waals surface area contributed by atoms with E-state index < -0.39 is 0 Å². The molecule has 0 amide bonds. The van der Waals surface area contributed by atoms with Crippen LogP contribution in [0.2, 0.25) is 0 Å². The number of nitrogens with zero attached hydrogens (tertiary/aromatic N) is 2. The summed E-state index contributed by atoms with van der Waals surface area (Å²) in [5, 5.41) is 0. The Morgan fingerprint density at radius 1 is 0.769 bits per heavy atom. The van der Waals surface area contributed by atoms with Gasteiger partial charge in [-0.05, 0) is 23.3 Å². The van der Waals surface area contributed by atoms with Crippen LogP contribution in [0.5, 0.6) is 0 Å². The highest BCUT2D eigenvalue weighted by Gasteiger charge is 2.14. The van der Waals surface area contributed by atoms with Crippen molar-refractivity contribution in [3.8, 4) is 22.5 Å². The van der Waals surface area contributed by atoms with Crippen molar-refractivity contribution in [2.24, 2.45) is 5.73 Å². The number of rotatable bonds is 5. The van der Waals surface area contributed by atoms with E-state index in [4.69, 9.17) is 10.7 Å². The second-order valence-electron chi connectivity index (χ2n) is 6.21. The van der Waals surface area contributed by atoms with E-state index in [1.54, 1.807) is 12.4 Å². The van der Waals surface area contributed by atoms with Crippen molar-refractivity contribution < 1.29 is 0 Å². The quantitative estimate of drug-likeness (QED) is 0.572. The van der Waals surface area contributed by atoms with Crippen molar-refractivity contribution in [2.75, 3.05) is 0 Å². The molecule has 0 atom stereocenters. The molecule has 3 N–H and O–H groups in total. The van der Waals surface area contributed by atoms with E-state index in [0.29, 0.717) is 6.54 Å². The molecule has 2 heterocycles. The zero-order chi connectivity index (χ0) is 17.8. The topological polar surface area (TPSA) is 67.6 Å². The SMILES string of the molecule is NCc1ccc(Cc2nc(-c3ccccc3)c(-c3ccncc3)[nH]2)cc1. The van der Waals surface area contributed by atoms with E-state index in [-0.39, 0.29) is 0 Å². The lowest BCUT2D eigenvalue weighted by Gasteiger charge is -2.02. The normalized spacial score (nSPS) is 10.8. The fraction of sp³-hybridized carbons (Fsp3) is 0.0909. The number of nitrogens with two attached hydrogens (primary N) is 1. The highest BCUT2D eigenvalue weighted by molar-refractivity contribution is 5.78. The molecular weight excluding hydrogens is 320 g/mol.